The number of para-hydroxylation sites is 3. The van der Waals surface area contributed by atoms with Gasteiger partial charge >= 0.3 is 0 Å². The Hall–Kier alpha value is -2.75. The van der Waals surface area contributed by atoms with Gasteiger partial charge in [-0.3, -0.25) is 4.79 Å². The average Bonchev–Trinajstić information content (AvgIpc) is 2.55. The predicted molar refractivity (Wildman–Crippen MR) is 88.3 cm³/mol. The second-order valence-corrected chi connectivity index (χ2v) is 4.49. The van der Waals surface area contributed by atoms with Crippen LogP contribution < -0.4 is 14.8 Å². The third kappa shape index (κ3) is 4.12. The summed E-state index contributed by atoms with van der Waals surface area (Å²) >= 11 is 0. The molecule has 1 N–H and O–H groups in total. The summed E-state index contributed by atoms with van der Waals surface area (Å²) in [6.07, 6.45) is 3.19. The molecular weight excluding hydrogens is 278 g/mol. The van der Waals surface area contributed by atoms with E-state index in [4.69, 9.17) is 9.47 Å². The van der Waals surface area contributed by atoms with Gasteiger partial charge in [0.2, 0.25) is 5.91 Å². The second-order valence-electron chi connectivity index (χ2n) is 4.49. The maximum atomic E-state index is 12.0. The number of amides is 1. The fourth-order valence-corrected chi connectivity index (χ4v) is 2.00. The monoisotopic (exact) mass is 297 g/mol. The molecule has 2 aromatic rings. The summed E-state index contributed by atoms with van der Waals surface area (Å²) in [6.45, 7) is 2.45. The Balaban J connectivity index is 2.08. The van der Waals surface area contributed by atoms with E-state index in [1.807, 2.05) is 49.4 Å². The number of benzene rings is 2. The Morgan fingerprint density at radius 3 is 2.50 bits per heavy atom. The maximum Gasteiger partial charge on any atom is 0.248 e. The quantitative estimate of drug-likeness (QED) is 0.826. The number of hydrogen-bond acceptors (Lipinski definition) is 3. The van der Waals surface area contributed by atoms with Crippen LogP contribution in [0.4, 0.5) is 5.69 Å². The molecule has 0 bridgehead atoms. The number of anilines is 1. The SMILES string of the molecule is CCOc1ccccc1NC(=O)/C=C/c1ccccc1OC. The lowest BCUT2D eigenvalue weighted by Gasteiger charge is -2.09. The molecule has 0 unspecified atom stereocenters. The summed E-state index contributed by atoms with van der Waals surface area (Å²) in [5, 5.41) is 2.81. The number of nitrogens with one attached hydrogen (secondary N) is 1. The Bertz CT molecular complexity index is 665. The summed E-state index contributed by atoms with van der Waals surface area (Å²) in [5.74, 6) is 1.16. The Morgan fingerprint density at radius 1 is 1.09 bits per heavy atom. The van der Waals surface area contributed by atoms with E-state index in [2.05, 4.69) is 5.32 Å². The Labute approximate surface area is 130 Å². The first-order valence-corrected chi connectivity index (χ1v) is 7.08. The molecule has 4 heteroatoms. The van der Waals surface area contributed by atoms with Crippen LogP contribution in [0.5, 0.6) is 11.5 Å². The van der Waals surface area contributed by atoms with Gasteiger partial charge in [-0.05, 0) is 31.2 Å². The zero-order chi connectivity index (χ0) is 15.8. The van der Waals surface area contributed by atoms with Gasteiger partial charge in [-0.25, -0.2) is 0 Å². The number of ether oxygens (including phenoxy) is 2. The molecule has 2 rings (SSSR count). The highest BCUT2D eigenvalue weighted by Crippen LogP contribution is 2.24. The summed E-state index contributed by atoms with van der Waals surface area (Å²) in [6, 6.07) is 14.9. The van der Waals surface area contributed by atoms with Crippen LogP contribution >= 0.6 is 0 Å². The third-order valence-corrected chi connectivity index (χ3v) is 3.00. The van der Waals surface area contributed by atoms with E-state index in [0.717, 1.165) is 11.3 Å². The molecule has 0 atom stereocenters. The van der Waals surface area contributed by atoms with Crippen LogP contribution in [0.15, 0.2) is 54.6 Å². The largest absolute Gasteiger partial charge is 0.496 e. The van der Waals surface area contributed by atoms with Crippen molar-refractivity contribution in [3.05, 3.63) is 60.2 Å². The van der Waals surface area contributed by atoms with E-state index in [1.54, 1.807) is 19.3 Å². The lowest BCUT2D eigenvalue weighted by Crippen LogP contribution is -2.09. The lowest BCUT2D eigenvalue weighted by atomic mass is 10.2. The predicted octanol–water partition coefficient (Wildman–Crippen LogP) is 3.75. The second kappa shape index (κ2) is 7.88. The van der Waals surface area contributed by atoms with E-state index in [9.17, 15) is 4.79 Å². The Morgan fingerprint density at radius 2 is 1.77 bits per heavy atom. The Kier molecular flexibility index (Phi) is 5.60. The highest BCUT2D eigenvalue weighted by molar-refractivity contribution is 6.02. The number of hydrogen-bond donors (Lipinski definition) is 1. The standard InChI is InChI=1S/C18H19NO3/c1-3-22-17-11-7-5-9-15(17)19-18(20)13-12-14-8-4-6-10-16(14)21-2/h4-13H,3H2,1-2H3,(H,19,20)/b13-12+. The molecule has 0 saturated heterocycles. The van der Waals surface area contributed by atoms with Crippen LogP contribution in [0.1, 0.15) is 12.5 Å². The fraction of sp³-hybridized carbons (Fsp3) is 0.167. The van der Waals surface area contributed by atoms with Gasteiger partial charge in [0, 0.05) is 11.6 Å². The van der Waals surface area contributed by atoms with Crippen molar-refractivity contribution in [1.82, 2.24) is 0 Å². The van der Waals surface area contributed by atoms with Crippen LogP contribution in [0.3, 0.4) is 0 Å². The molecule has 0 radical (unpaired) electrons. The van der Waals surface area contributed by atoms with Crippen molar-refractivity contribution < 1.29 is 14.3 Å². The highest BCUT2D eigenvalue weighted by Gasteiger charge is 2.05. The number of rotatable bonds is 6. The lowest BCUT2D eigenvalue weighted by molar-refractivity contribution is -0.111. The molecule has 22 heavy (non-hydrogen) atoms. The summed E-state index contributed by atoms with van der Waals surface area (Å²) < 4.78 is 10.7. The van der Waals surface area contributed by atoms with Crippen molar-refractivity contribution in [2.45, 2.75) is 6.92 Å². The number of carbonyl (C=O) groups excluding carboxylic acids is 1. The minimum absolute atomic E-state index is 0.224. The van der Waals surface area contributed by atoms with E-state index >= 15 is 0 Å². The van der Waals surface area contributed by atoms with Crippen molar-refractivity contribution >= 4 is 17.7 Å². The first kappa shape index (κ1) is 15.6. The van der Waals surface area contributed by atoms with Crippen LogP contribution in [0.25, 0.3) is 6.08 Å². The molecule has 0 fully saturated rings. The van der Waals surface area contributed by atoms with Crippen LogP contribution in [-0.4, -0.2) is 19.6 Å². The molecule has 0 saturated carbocycles. The first-order valence-electron chi connectivity index (χ1n) is 7.08. The molecule has 0 heterocycles. The van der Waals surface area contributed by atoms with Crippen molar-refractivity contribution in [3.63, 3.8) is 0 Å². The van der Waals surface area contributed by atoms with Gasteiger partial charge in [0.05, 0.1) is 19.4 Å². The molecule has 2 aromatic carbocycles. The normalized spacial score (nSPS) is 10.5. The zero-order valence-electron chi connectivity index (χ0n) is 12.7. The topological polar surface area (TPSA) is 47.6 Å². The van der Waals surface area contributed by atoms with Crippen LogP contribution in [-0.2, 0) is 4.79 Å². The summed E-state index contributed by atoms with van der Waals surface area (Å²) in [7, 11) is 1.60. The molecule has 0 aromatic heterocycles. The van der Waals surface area contributed by atoms with E-state index in [1.165, 1.54) is 6.08 Å². The first-order chi connectivity index (χ1) is 10.7. The van der Waals surface area contributed by atoms with Gasteiger partial charge < -0.3 is 14.8 Å². The van der Waals surface area contributed by atoms with E-state index < -0.39 is 0 Å². The van der Waals surface area contributed by atoms with Gasteiger partial charge in [0.25, 0.3) is 0 Å². The maximum absolute atomic E-state index is 12.0. The third-order valence-electron chi connectivity index (χ3n) is 3.00. The molecule has 114 valence electrons. The van der Waals surface area contributed by atoms with Gasteiger partial charge in [-0.15, -0.1) is 0 Å². The molecule has 0 aliphatic heterocycles. The highest BCUT2D eigenvalue weighted by atomic mass is 16.5. The van der Waals surface area contributed by atoms with Crippen molar-refractivity contribution in [2.24, 2.45) is 0 Å². The zero-order valence-corrected chi connectivity index (χ0v) is 12.7. The molecular formula is C18H19NO3. The van der Waals surface area contributed by atoms with Gasteiger partial charge in [0.15, 0.2) is 0 Å². The van der Waals surface area contributed by atoms with Crippen LogP contribution in [0, 0.1) is 0 Å². The number of methoxy groups -OCH3 is 1. The molecule has 0 aliphatic carbocycles. The summed E-state index contributed by atoms with van der Waals surface area (Å²) in [5.41, 5.74) is 1.50. The van der Waals surface area contributed by atoms with Gasteiger partial charge in [-0.2, -0.15) is 0 Å². The van der Waals surface area contributed by atoms with Crippen molar-refractivity contribution in [3.8, 4) is 11.5 Å². The minimum Gasteiger partial charge on any atom is -0.496 e. The van der Waals surface area contributed by atoms with Crippen LogP contribution in [0.2, 0.25) is 0 Å². The minimum atomic E-state index is -0.224. The van der Waals surface area contributed by atoms with Gasteiger partial charge in [-0.1, -0.05) is 30.3 Å². The molecule has 1 amide bonds. The van der Waals surface area contributed by atoms with E-state index in [-0.39, 0.29) is 5.91 Å². The van der Waals surface area contributed by atoms with E-state index in [0.29, 0.717) is 18.0 Å². The fourth-order valence-electron chi connectivity index (χ4n) is 2.00. The smallest absolute Gasteiger partial charge is 0.248 e. The molecule has 0 aliphatic rings. The van der Waals surface area contributed by atoms with Gasteiger partial charge in [0.1, 0.15) is 11.5 Å². The van der Waals surface area contributed by atoms with Crippen molar-refractivity contribution in [2.75, 3.05) is 19.0 Å². The summed E-state index contributed by atoms with van der Waals surface area (Å²) in [4.78, 5) is 12.0. The van der Waals surface area contributed by atoms with Crippen molar-refractivity contribution in [1.29, 1.82) is 0 Å². The molecule has 4 nitrogen and oxygen atoms in total. The molecule has 0 spiro atoms. The average molecular weight is 297 g/mol. The number of carbonyl (C=O) groups is 1.